The predicted molar refractivity (Wildman–Crippen MR) is 68.6 cm³/mol. The molecule has 0 aliphatic carbocycles. The van der Waals surface area contributed by atoms with E-state index in [1.54, 1.807) is 42.6 Å². The molecule has 0 aliphatic rings. The van der Waals surface area contributed by atoms with Crippen molar-refractivity contribution in [3.63, 3.8) is 0 Å². The summed E-state index contributed by atoms with van der Waals surface area (Å²) in [5.41, 5.74) is 1.76. The lowest BCUT2D eigenvalue weighted by Crippen LogP contribution is -2.12. The number of nitrogens with one attached hydrogen (secondary N) is 1. The number of carbonyl (C=O) groups is 2. The second kappa shape index (κ2) is 5.23. The Labute approximate surface area is 105 Å². The van der Waals surface area contributed by atoms with Crippen LogP contribution in [0.3, 0.4) is 0 Å². The fourth-order valence-electron chi connectivity index (χ4n) is 1.49. The van der Waals surface area contributed by atoms with E-state index in [9.17, 15) is 9.59 Å². The monoisotopic (exact) mass is 240 g/mol. The zero-order chi connectivity index (χ0) is 13.0. The Hall–Kier alpha value is -2.49. The molecule has 1 aromatic carbocycles. The summed E-state index contributed by atoms with van der Waals surface area (Å²) in [6, 6.07) is 10.2. The summed E-state index contributed by atoms with van der Waals surface area (Å²) in [5.74, 6) is -0.223. The van der Waals surface area contributed by atoms with Crippen LogP contribution in [-0.4, -0.2) is 16.7 Å². The van der Waals surface area contributed by atoms with E-state index in [1.165, 1.54) is 13.1 Å². The van der Waals surface area contributed by atoms with Gasteiger partial charge in [-0.05, 0) is 43.3 Å². The molecule has 0 bridgehead atoms. The van der Waals surface area contributed by atoms with E-state index in [2.05, 4.69) is 10.3 Å². The fourth-order valence-corrected chi connectivity index (χ4v) is 1.49. The lowest BCUT2D eigenvalue weighted by atomic mass is 10.1. The molecular formula is C14H12N2O2. The van der Waals surface area contributed by atoms with Crippen LogP contribution >= 0.6 is 0 Å². The van der Waals surface area contributed by atoms with Gasteiger partial charge in [0, 0.05) is 23.6 Å². The number of amides is 1. The Balaban J connectivity index is 2.10. The zero-order valence-corrected chi connectivity index (χ0v) is 9.88. The number of hydrogen-bond donors (Lipinski definition) is 1. The number of rotatable bonds is 3. The second-order valence-corrected chi connectivity index (χ2v) is 3.83. The number of benzene rings is 1. The summed E-state index contributed by atoms with van der Waals surface area (Å²) >= 11 is 0. The van der Waals surface area contributed by atoms with Crippen molar-refractivity contribution < 1.29 is 9.59 Å². The number of pyridine rings is 1. The normalized spacial score (nSPS) is 9.83. The maximum atomic E-state index is 11.8. The van der Waals surface area contributed by atoms with E-state index in [4.69, 9.17) is 0 Å². The third kappa shape index (κ3) is 2.79. The molecule has 0 radical (unpaired) electrons. The van der Waals surface area contributed by atoms with E-state index in [0.29, 0.717) is 16.8 Å². The van der Waals surface area contributed by atoms with E-state index in [1.807, 2.05) is 0 Å². The van der Waals surface area contributed by atoms with Gasteiger partial charge in [-0.15, -0.1) is 0 Å². The quantitative estimate of drug-likeness (QED) is 0.839. The Bertz CT molecular complexity index is 562. The highest BCUT2D eigenvalue weighted by atomic mass is 16.1. The van der Waals surface area contributed by atoms with Crippen LogP contribution in [0.5, 0.6) is 0 Å². The van der Waals surface area contributed by atoms with Gasteiger partial charge in [-0.3, -0.25) is 14.6 Å². The van der Waals surface area contributed by atoms with Crippen molar-refractivity contribution in [1.82, 2.24) is 4.98 Å². The van der Waals surface area contributed by atoms with Crippen LogP contribution in [0.15, 0.2) is 48.8 Å². The van der Waals surface area contributed by atoms with Crippen LogP contribution in [0.25, 0.3) is 0 Å². The summed E-state index contributed by atoms with van der Waals surface area (Å²) in [6.45, 7) is 1.50. The van der Waals surface area contributed by atoms with Crippen molar-refractivity contribution in [3.8, 4) is 0 Å². The first kappa shape index (κ1) is 12.0. The van der Waals surface area contributed by atoms with Crippen LogP contribution < -0.4 is 5.32 Å². The molecule has 2 rings (SSSR count). The van der Waals surface area contributed by atoms with Gasteiger partial charge in [0.2, 0.25) is 0 Å². The minimum atomic E-state index is -0.223. The van der Waals surface area contributed by atoms with Crippen molar-refractivity contribution in [2.45, 2.75) is 6.92 Å². The van der Waals surface area contributed by atoms with E-state index >= 15 is 0 Å². The summed E-state index contributed by atoms with van der Waals surface area (Å²) in [5, 5.41) is 2.73. The molecule has 2 aromatic rings. The number of anilines is 1. The standard InChI is InChI=1S/C14H12N2O2/c1-10(17)11-4-6-13(7-5-11)16-14(18)12-3-2-8-15-9-12/h2-9H,1H3,(H,16,18). The summed E-state index contributed by atoms with van der Waals surface area (Å²) in [6.07, 6.45) is 3.11. The van der Waals surface area contributed by atoms with E-state index in [0.717, 1.165) is 0 Å². The molecule has 0 fully saturated rings. The summed E-state index contributed by atoms with van der Waals surface area (Å²) in [7, 11) is 0. The van der Waals surface area contributed by atoms with Crippen molar-refractivity contribution in [1.29, 1.82) is 0 Å². The van der Waals surface area contributed by atoms with Gasteiger partial charge in [0.25, 0.3) is 5.91 Å². The van der Waals surface area contributed by atoms with Crippen molar-refractivity contribution in [2.24, 2.45) is 0 Å². The third-order valence-electron chi connectivity index (χ3n) is 2.47. The minimum absolute atomic E-state index is 0.000126. The smallest absolute Gasteiger partial charge is 0.257 e. The van der Waals surface area contributed by atoms with Crippen LogP contribution in [0.2, 0.25) is 0 Å². The molecule has 1 N–H and O–H groups in total. The molecule has 0 saturated heterocycles. The van der Waals surface area contributed by atoms with E-state index < -0.39 is 0 Å². The molecule has 1 aromatic heterocycles. The maximum absolute atomic E-state index is 11.8. The largest absolute Gasteiger partial charge is 0.322 e. The Morgan fingerprint density at radius 1 is 1.06 bits per heavy atom. The predicted octanol–water partition coefficient (Wildman–Crippen LogP) is 2.54. The first-order valence-corrected chi connectivity index (χ1v) is 5.49. The molecule has 0 aliphatic heterocycles. The molecule has 18 heavy (non-hydrogen) atoms. The SMILES string of the molecule is CC(=O)c1ccc(NC(=O)c2cccnc2)cc1. The third-order valence-corrected chi connectivity index (χ3v) is 2.47. The average Bonchev–Trinajstić information content (AvgIpc) is 2.40. The lowest BCUT2D eigenvalue weighted by Gasteiger charge is -2.05. The van der Waals surface area contributed by atoms with Crippen LogP contribution in [0, 0.1) is 0 Å². The molecule has 1 heterocycles. The number of ketones is 1. The first-order valence-electron chi connectivity index (χ1n) is 5.49. The summed E-state index contributed by atoms with van der Waals surface area (Å²) in [4.78, 5) is 26.8. The number of hydrogen-bond acceptors (Lipinski definition) is 3. The molecule has 0 unspecified atom stereocenters. The molecule has 90 valence electrons. The fraction of sp³-hybridized carbons (Fsp3) is 0.0714. The van der Waals surface area contributed by atoms with Gasteiger partial charge < -0.3 is 5.32 Å². The number of aromatic nitrogens is 1. The Morgan fingerprint density at radius 2 is 1.78 bits per heavy atom. The zero-order valence-electron chi connectivity index (χ0n) is 9.88. The van der Waals surface area contributed by atoms with Gasteiger partial charge in [0.1, 0.15) is 0 Å². The maximum Gasteiger partial charge on any atom is 0.257 e. The highest BCUT2D eigenvalue weighted by Gasteiger charge is 2.06. The van der Waals surface area contributed by atoms with Crippen molar-refractivity contribution in [3.05, 3.63) is 59.9 Å². The molecule has 4 heteroatoms. The first-order chi connectivity index (χ1) is 8.66. The van der Waals surface area contributed by atoms with Gasteiger partial charge in [-0.25, -0.2) is 0 Å². The van der Waals surface area contributed by atoms with Crippen LogP contribution in [0.4, 0.5) is 5.69 Å². The second-order valence-electron chi connectivity index (χ2n) is 3.83. The number of nitrogens with zero attached hydrogens (tertiary/aromatic N) is 1. The van der Waals surface area contributed by atoms with Crippen molar-refractivity contribution >= 4 is 17.4 Å². The highest BCUT2D eigenvalue weighted by molar-refractivity contribution is 6.04. The number of carbonyl (C=O) groups excluding carboxylic acids is 2. The lowest BCUT2D eigenvalue weighted by molar-refractivity contribution is 0.101. The molecule has 1 amide bonds. The van der Waals surface area contributed by atoms with Gasteiger partial charge in [-0.2, -0.15) is 0 Å². The molecule has 0 atom stereocenters. The molecule has 0 saturated carbocycles. The minimum Gasteiger partial charge on any atom is -0.322 e. The Morgan fingerprint density at radius 3 is 2.33 bits per heavy atom. The van der Waals surface area contributed by atoms with Gasteiger partial charge in [-0.1, -0.05) is 0 Å². The average molecular weight is 240 g/mol. The topological polar surface area (TPSA) is 59.1 Å². The molecule has 4 nitrogen and oxygen atoms in total. The highest BCUT2D eigenvalue weighted by Crippen LogP contribution is 2.11. The van der Waals surface area contributed by atoms with Crippen LogP contribution in [-0.2, 0) is 0 Å². The van der Waals surface area contributed by atoms with Crippen LogP contribution in [0.1, 0.15) is 27.6 Å². The molecular weight excluding hydrogens is 228 g/mol. The van der Waals surface area contributed by atoms with E-state index in [-0.39, 0.29) is 11.7 Å². The Kier molecular flexibility index (Phi) is 3.48. The number of Topliss-reactive ketones (excluding diaryl/α,β-unsaturated/α-hetero) is 1. The summed E-state index contributed by atoms with van der Waals surface area (Å²) < 4.78 is 0. The van der Waals surface area contributed by atoms with Crippen molar-refractivity contribution in [2.75, 3.05) is 5.32 Å². The van der Waals surface area contributed by atoms with Gasteiger partial charge in [0.05, 0.1) is 5.56 Å². The van der Waals surface area contributed by atoms with Gasteiger partial charge in [0.15, 0.2) is 5.78 Å². The molecule has 0 spiro atoms. The van der Waals surface area contributed by atoms with Gasteiger partial charge >= 0.3 is 0 Å².